The van der Waals surface area contributed by atoms with Gasteiger partial charge in [0.2, 0.25) is 0 Å². The molecule has 0 aliphatic rings. The van der Waals surface area contributed by atoms with Crippen molar-refractivity contribution in [3.05, 3.63) is 17.5 Å². The molecule has 1 N–H and O–H groups in total. The van der Waals surface area contributed by atoms with Gasteiger partial charge in [-0.2, -0.15) is 5.10 Å². The second-order valence-electron chi connectivity index (χ2n) is 2.86. The Bertz CT molecular complexity index is 243. The zero-order valence-electron chi connectivity index (χ0n) is 7.75. The summed E-state index contributed by atoms with van der Waals surface area (Å²) in [7, 11) is 0. The summed E-state index contributed by atoms with van der Waals surface area (Å²) in [5.74, 6) is 0. The number of aromatic nitrogens is 2. The monoisotopic (exact) mass is 168 g/mol. The van der Waals surface area contributed by atoms with Gasteiger partial charge in [0.25, 0.3) is 0 Å². The number of nitrogens with zero attached hydrogens (tertiary/aromatic N) is 2. The highest BCUT2D eigenvalue weighted by molar-refractivity contribution is 5.09. The van der Waals surface area contributed by atoms with Crippen LogP contribution in [0.5, 0.6) is 0 Å². The van der Waals surface area contributed by atoms with E-state index in [-0.39, 0.29) is 6.61 Å². The molecule has 0 atom stereocenters. The first-order valence-corrected chi connectivity index (χ1v) is 4.48. The van der Waals surface area contributed by atoms with Crippen molar-refractivity contribution in [3.63, 3.8) is 0 Å². The Balaban J connectivity index is 2.84. The third-order valence-electron chi connectivity index (χ3n) is 1.87. The smallest absolute Gasteiger partial charge is 0.0849 e. The standard InChI is InChI=1S/C9H16N2O/c1-3-5-11-9(7-12)6-8(4-2)10-11/h6,12H,3-5,7H2,1-2H3. The number of aryl methyl sites for hydroxylation is 2. The van der Waals surface area contributed by atoms with E-state index in [0.717, 1.165) is 30.8 Å². The van der Waals surface area contributed by atoms with Gasteiger partial charge in [0.15, 0.2) is 0 Å². The molecule has 0 spiro atoms. The molecule has 0 radical (unpaired) electrons. The molecule has 0 aliphatic carbocycles. The predicted molar refractivity (Wildman–Crippen MR) is 47.8 cm³/mol. The van der Waals surface area contributed by atoms with Crippen LogP contribution in [0.3, 0.4) is 0 Å². The zero-order valence-corrected chi connectivity index (χ0v) is 7.75. The van der Waals surface area contributed by atoms with E-state index in [0.29, 0.717) is 0 Å². The van der Waals surface area contributed by atoms with Crippen LogP contribution in [-0.4, -0.2) is 14.9 Å². The molecule has 0 saturated carbocycles. The Labute approximate surface area is 73.0 Å². The topological polar surface area (TPSA) is 38.0 Å². The van der Waals surface area contributed by atoms with Gasteiger partial charge in [-0.25, -0.2) is 0 Å². The quantitative estimate of drug-likeness (QED) is 0.737. The van der Waals surface area contributed by atoms with Crippen LogP contribution in [0, 0.1) is 0 Å². The van der Waals surface area contributed by atoms with Gasteiger partial charge in [-0.05, 0) is 18.9 Å². The van der Waals surface area contributed by atoms with Crippen molar-refractivity contribution in [1.29, 1.82) is 0 Å². The highest BCUT2D eigenvalue weighted by atomic mass is 16.3. The van der Waals surface area contributed by atoms with E-state index < -0.39 is 0 Å². The Hall–Kier alpha value is -0.830. The van der Waals surface area contributed by atoms with Crippen LogP contribution in [0.2, 0.25) is 0 Å². The van der Waals surface area contributed by atoms with E-state index >= 15 is 0 Å². The minimum absolute atomic E-state index is 0.0903. The van der Waals surface area contributed by atoms with Gasteiger partial charge in [0.1, 0.15) is 0 Å². The Morgan fingerprint density at radius 3 is 2.75 bits per heavy atom. The fraction of sp³-hybridized carbons (Fsp3) is 0.667. The summed E-state index contributed by atoms with van der Waals surface area (Å²) in [6.07, 6.45) is 1.99. The average molecular weight is 168 g/mol. The normalized spacial score (nSPS) is 10.6. The minimum Gasteiger partial charge on any atom is -0.390 e. The lowest BCUT2D eigenvalue weighted by molar-refractivity contribution is 0.267. The van der Waals surface area contributed by atoms with Crippen LogP contribution in [0.25, 0.3) is 0 Å². The minimum atomic E-state index is 0.0903. The summed E-state index contributed by atoms with van der Waals surface area (Å²) >= 11 is 0. The van der Waals surface area contributed by atoms with Crippen molar-refractivity contribution in [2.24, 2.45) is 0 Å². The molecule has 0 bridgehead atoms. The molecular formula is C9H16N2O. The number of hydrogen-bond acceptors (Lipinski definition) is 2. The summed E-state index contributed by atoms with van der Waals surface area (Å²) in [4.78, 5) is 0. The van der Waals surface area contributed by atoms with E-state index in [1.807, 2.05) is 10.7 Å². The van der Waals surface area contributed by atoms with Crippen LogP contribution >= 0.6 is 0 Å². The molecule has 12 heavy (non-hydrogen) atoms. The summed E-state index contributed by atoms with van der Waals surface area (Å²) < 4.78 is 1.89. The number of hydrogen-bond donors (Lipinski definition) is 1. The fourth-order valence-electron chi connectivity index (χ4n) is 1.22. The maximum Gasteiger partial charge on any atom is 0.0849 e. The summed E-state index contributed by atoms with van der Waals surface area (Å²) in [6.45, 7) is 5.16. The Morgan fingerprint density at radius 2 is 2.25 bits per heavy atom. The third-order valence-corrected chi connectivity index (χ3v) is 1.87. The van der Waals surface area contributed by atoms with Gasteiger partial charge in [0.05, 0.1) is 18.0 Å². The van der Waals surface area contributed by atoms with Crippen LogP contribution in [-0.2, 0) is 19.6 Å². The van der Waals surface area contributed by atoms with Crippen LogP contribution in [0.15, 0.2) is 6.07 Å². The van der Waals surface area contributed by atoms with E-state index in [1.54, 1.807) is 0 Å². The zero-order chi connectivity index (χ0) is 8.97. The molecule has 0 unspecified atom stereocenters. The first-order valence-electron chi connectivity index (χ1n) is 4.48. The largest absolute Gasteiger partial charge is 0.390 e. The Morgan fingerprint density at radius 1 is 1.50 bits per heavy atom. The highest BCUT2D eigenvalue weighted by Crippen LogP contribution is 2.05. The van der Waals surface area contributed by atoms with Crippen molar-refractivity contribution >= 4 is 0 Å². The molecule has 0 aromatic carbocycles. The average Bonchev–Trinajstić information content (AvgIpc) is 2.48. The highest BCUT2D eigenvalue weighted by Gasteiger charge is 2.03. The predicted octanol–water partition coefficient (Wildman–Crippen LogP) is 1.35. The van der Waals surface area contributed by atoms with Gasteiger partial charge in [-0.15, -0.1) is 0 Å². The maximum absolute atomic E-state index is 8.99. The molecule has 0 amide bonds. The maximum atomic E-state index is 8.99. The van der Waals surface area contributed by atoms with Gasteiger partial charge in [0, 0.05) is 6.54 Å². The molecule has 1 rings (SSSR count). The van der Waals surface area contributed by atoms with Crippen LogP contribution < -0.4 is 0 Å². The molecule has 1 aromatic rings. The summed E-state index contributed by atoms with van der Waals surface area (Å²) in [5, 5.41) is 13.3. The second-order valence-corrected chi connectivity index (χ2v) is 2.86. The molecule has 3 heteroatoms. The van der Waals surface area contributed by atoms with Crippen LogP contribution in [0.1, 0.15) is 31.7 Å². The fourth-order valence-corrected chi connectivity index (χ4v) is 1.22. The van der Waals surface area contributed by atoms with E-state index in [9.17, 15) is 0 Å². The second kappa shape index (κ2) is 4.26. The lowest BCUT2D eigenvalue weighted by atomic mass is 10.3. The van der Waals surface area contributed by atoms with Gasteiger partial charge >= 0.3 is 0 Å². The van der Waals surface area contributed by atoms with Gasteiger partial charge in [-0.1, -0.05) is 13.8 Å². The first kappa shape index (κ1) is 9.26. The van der Waals surface area contributed by atoms with E-state index in [1.165, 1.54) is 0 Å². The first-order chi connectivity index (χ1) is 5.81. The van der Waals surface area contributed by atoms with E-state index in [2.05, 4.69) is 18.9 Å². The number of aliphatic hydroxyl groups is 1. The molecule has 3 nitrogen and oxygen atoms in total. The molecule has 0 fully saturated rings. The van der Waals surface area contributed by atoms with Crippen molar-refractivity contribution in [3.8, 4) is 0 Å². The lowest BCUT2D eigenvalue weighted by Crippen LogP contribution is -2.04. The number of rotatable bonds is 4. The molecule has 0 aliphatic heterocycles. The van der Waals surface area contributed by atoms with Crippen molar-refractivity contribution < 1.29 is 5.11 Å². The molecule has 68 valence electrons. The van der Waals surface area contributed by atoms with Gasteiger partial charge < -0.3 is 5.11 Å². The number of aliphatic hydroxyl groups excluding tert-OH is 1. The SMILES string of the molecule is CCCn1nc(CC)cc1CO. The summed E-state index contributed by atoms with van der Waals surface area (Å²) in [5.41, 5.74) is 1.99. The molecule has 1 heterocycles. The Kier molecular flexibility index (Phi) is 3.29. The van der Waals surface area contributed by atoms with Crippen LogP contribution in [0.4, 0.5) is 0 Å². The molecular weight excluding hydrogens is 152 g/mol. The van der Waals surface area contributed by atoms with Crippen molar-refractivity contribution in [2.45, 2.75) is 39.8 Å². The molecule has 1 aromatic heterocycles. The molecule has 0 saturated heterocycles. The third kappa shape index (κ3) is 1.85. The van der Waals surface area contributed by atoms with Crippen molar-refractivity contribution in [1.82, 2.24) is 9.78 Å². The lowest BCUT2D eigenvalue weighted by Gasteiger charge is -2.01. The van der Waals surface area contributed by atoms with E-state index in [4.69, 9.17) is 5.11 Å². The van der Waals surface area contributed by atoms with Gasteiger partial charge in [-0.3, -0.25) is 4.68 Å². The van der Waals surface area contributed by atoms with Crippen molar-refractivity contribution in [2.75, 3.05) is 0 Å². The summed E-state index contributed by atoms with van der Waals surface area (Å²) in [6, 6.07) is 1.97.